The Balaban J connectivity index is 2.58. The molecule has 1 heterocycles. The lowest BCUT2D eigenvalue weighted by Crippen LogP contribution is -2.03. The number of nitrogens with zero attached hydrogens (tertiary/aromatic N) is 1. The van der Waals surface area contributed by atoms with Crippen molar-refractivity contribution < 1.29 is 13.9 Å². The topological polar surface area (TPSA) is 63.2 Å². The van der Waals surface area contributed by atoms with Crippen LogP contribution in [0.2, 0.25) is 0 Å². The number of carbonyl (C=O) groups is 1. The highest BCUT2D eigenvalue weighted by Crippen LogP contribution is 2.24. The largest absolute Gasteiger partial charge is 0.462 e. The van der Waals surface area contributed by atoms with Gasteiger partial charge in [0.15, 0.2) is 5.58 Å². The summed E-state index contributed by atoms with van der Waals surface area (Å²) >= 11 is 0. The molecular weight excluding hydrogens is 206 g/mol. The lowest BCUT2D eigenvalue weighted by molar-refractivity contribution is 0.0527. The third-order valence-electron chi connectivity index (χ3n) is 2.22. The summed E-state index contributed by atoms with van der Waals surface area (Å²) in [6.07, 6.45) is 1.32. The summed E-state index contributed by atoms with van der Waals surface area (Å²) in [5.74, 6) is -0.434. The zero-order valence-electron chi connectivity index (χ0n) is 8.69. The molecule has 0 saturated carbocycles. The molecule has 0 aliphatic carbocycles. The average Bonchev–Trinajstić information content (AvgIpc) is 2.72. The molecule has 0 N–H and O–H groups in total. The predicted octanol–water partition coefficient (Wildman–Crippen LogP) is 2.48. The van der Waals surface area contributed by atoms with Gasteiger partial charge in [-0.1, -0.05) is 12.1 Å². The summed E-state index contributed by atoms with van der Waals surface area (Å²) in [5.41, 5.74) is 1.19. The summed E-state index contributed by atoms with van der Waals surface area (Å²) in [4.78, 5) is 11.6. The molecule has 2 aromatic rings. The molecule has 16 heavy (non-hydrogen) atoms. The van der Waals surface area contributed by atoms with Gasteiger partial charge >= 0.3 is 5.97 Å². The summed E-state index contributed by atoms with van der Waals surface area (Å²) in [6.45, 7) is 2.05. The van der Waals surface area contributed by atoms with E-state index in [0.717, 1.165) is 0 Å². The molecular formula is C12H9NO3. The normalized spacial score (nSPS) is 10.0. The second-order valence-electron chi connectivity index (χ2n) is 3.16. The van der Waals surface area contributed by atoms with Crippen LogP contribution >= 0.6 is 0 Å². The van der Waals surface area contributed by atoms with Crippen molar-refractivity contribution in [3.05, 3.63) is 35.6 Å². The third-order valence-corrected chi connectivity index (χ3v) is 2.22. The first-order chi connectivity index (χ1) is 7.77. The van der Waals surface area contributed by atoms with Crippen molar-refractivity contribution in [1.82, 2.24) is 0 Å². The smallest absolute Gasteiger partial charge is 0.342 e. The summed E-state index contributed by atoms with van der Waals surface area (Å²) in [5, 5.41) is 9.47. The van der Waals surface area contributed by atoms with Crippen LogP contribution in [0.5, 0.6) is 0 Å². The molecule has 1 aromatic heterocycles. The van der Waals surface area contributed by atoms with Crippen molar-refractivity contribution in [2.24, 2.45) is 0 Å². The van der Waals surface area contributed by atoms with Crippen LogP contribution in [0, 0.1) is 11.3 Å². The lowest BCUT2D eigenvalue weighted by atomic mass is 10.1. The molecule has 4 heteroatoms. The van der Waals surface area contributed by atoms with Crippen LogP contribution in [-0.2, 0) is 4.74 Å². The van der Waals surface area contributed by atoms with Gasteiger partial charge < -0.3 is 9.15 Å². The van der Waals surface area contributed by atoms with Gasteiger partial charge in [0.1, 0.15) is 17.9 Å². The van der Waals surface area contributed by atoms with Gasteiger partial charge in [-0.05, 0) is 13.0 Å². The molecule has 0 aliphatic rings. The van der Waals surface area contributed by atoms with Gasteiger partial charge in [-0.3, -0.25) is 0 Å². The van der Waals surface area contributed by atoms with E-state index in [4.69, 9.17) is 14.4 Å². The molecule has 0 atom stereocenters. The molecule has 1 aromatic carbocycles. The quantitative estimate of drug-likeness (QED) is 0.722. The standard InChI is InChI=1S/C12H9NO3/c1-2-15-12(14)10-7-16-11-8(6-13)4-3-5-9(10)11/h3-5,7H,2H2,1H3. The Hall–Kier alpha value is -2.28. The second-order valence-corrected chi connectivity index (χ2v) is 3.16. The van der Waals surface area contributed by atoms with Crippen LogP contribution in [0.1, 0.15) is 22.8 Å². The molecule has 4 nitrogen and oxygen atoms in total. The van der Waals surface area contributed by atoms with Crippen LogP contribution in [-0.4, -0.2) is 12.6 Å². The van der Waals surface area contributed by atoms with Crippen LogP contribution in [0.4, 0.5) is 0 Å². The van der Waals surface area contributed by atoms with E-state index in [1.54, 1.807) is 25.1 Å². The van der Waals surface area contributed by atoms with Crippen molar-refractivity contribution in [3.63, 3.8) is 0 Å². The van der Waals surface area contributed by atoms with Crippen LogP contribution in [0.15, 0.2) is 28.9 Å². The number of esters is 1. The van der Waals surface area contributed by atoms with E-state index in [1.807, 2.05) is 6.07 Å². The van der Waals surface area contributed by atoms with Gasteiger partial charge in [-0.15, -0.1) is 0 Å². The molecule has 0 saturated heterocycles. The molecule has 80 valence electrons. The number of furan rings is 1. The Morgan fingerprint density at radius 2 is 2.38 bits per heavy atom. The maximum absolute atomic E-state index is 11.6. The number of hydrogen-bond donors (Lipinski definition) is 0. The third kappa shape index (κ3) is 1.52. The predicted molar refractivity (Wildman–Crippen MR) is 56.9 cm³/mol. The Labute approximate surface area is 92.0 Å². The van der Waals surface area contributed by atoms with Crippen LogP contribution in [0.3, 0.4) is 0 Å². The van der Waals surface area contributed by atoms with E-state index in [9.17, 15) is 4.79 Å². The zero-order valence-corrected chi connectivity index (χ0v) is 8.69. The number of para-hydroxylation sites is 1. The molecule has 0 amide bonds. The van der Waals surface area contributed by atoms with E-state index < -0.39 is 5.97 Å². The first kappa shape index (κ1) is 10.2. The SMILES string of the molecule is CCOC(=O)c1coc2c(C#N)cccc12. The Kier molecular flexibility index (Phi) is 2.61. The number of carbonyl (C=O) groups excluding carboxylic acids is 1. The second kappa shape index (κ2) is 4.07. The minimum Gasteiger partial charge on any atom is -0.462 e. The zero-order chi connectivity index (χ0) is 11.5. The van der Waals surface area contributed by atoms with E-state index >= 15 is 0 Å². The highest BCUT2D eigenvalue weighted by atomic mass is 16.5. The fourth-order valence-corrected chi connectivity index (χ4v) is 1.51. The number of ether oxygens (including phenoxy) is 1. The van der Waals surface area contributed by atoms with E-state index in [-0.39, 0.29) is 0 Å². The summed E-state index contributed by atoms with van der Waals surface area (Å²) in [6, 6.07) is 7.08. The molecule has 0 bridgehead atoms. The molecule has 0 spiro atoms. The fraction of sp³-hybridized carbons (Fsp3) is 0.167. The summed E-state index contributed by atoms with van der Waals surface area (Å²) < 4.78 is 10.1. The highest BCUT2D eigenvalue weighted by Gasteiger charge is 2.16. The number of fused-ring (bicyclic) bond motifs is 1. The number of rotatable bonds is 2. The van der Waals surface area contributed by atoms with Crippen molar-refractivity contribution in [3.8, 4) is 6.07 Å². The molecule has 0 radical (unpaired) electrons. The Morgan fingerprint density at radius 3 is 3.06 bits per heavy atom. The van der Waals surface area contributed by atoms with E-state index in [2.05, 4.69) is 0 Å². The van der Waals surface area contributed by atoms with Crippen molar-refractivity contribution >= 4 is 16.9 Å². The monoisotopic (exact) mass is 215 g/mol. The first-order valence-electron chi connectivity index (χ1n) is 4.85. The summed E-state index contributed by atoms with van der Waals surface area (Å²) in [7, 11) is 0. The fourth-order valence-electron chi connectivity index (χ4n) is 1.51. The Morgan fingerprint density at radius 1 is 1.56 bits per heavy atom. The molecule has 0 aliphatic heterocycles. The Bertz CT molecular complexity index is 577. The van der Waals surface area contributed by atoms with Gasteiger partial charge in [0.05, 0.1) is 12.2 Å². The van der Waals surface area contributed by atoms with Gasteiger partial charge in [0.2, 0.25) is 0 Å². The van der Waals surface area contributed by atoms with Crippen LogP contribution < -0.4 is 0 Å². The van der Waals surface area contributed by atoms with Gasteiger partial charge in [-0.2, -0.15) is 5.26 Å². The van der Waals surface area contributed by atoms with Gasteiger partial charge in [0.25, 0.3) is 0 Å². The van der Waals surface area contributed by atoms with Crippen molar-refractivity contribution in [2.75, 3.05) is 6.61 Å². The number of benzene rings is 1. The van der Waals surface area contributed by atoms with Crippen molar-refractivity contribution in [2.45, 2.75) is 6.92 Å². The van der Waals surface area contributed by atoms with E-state index in [1.165, 1.54) is 6.26 Å². The van der Waals surface area contributed by atoms with Gasteiger partial charge in [-0.25, -0.2) is 4.79 Å². The first-order valence-corrected chi connectivity index (χ1v) is 4.85. The van der Waals surface area contributed by atoms with Crippen LogP contribution in [0.25, 0.3) is 11.0 Å². The maximum Gasteiger partial charge on any atom is 0.342 e. The lowest BCUT2D eigenvalue weighted by Gasteiger charge is -1.98. The van der Waals surface area contributed by atoms with Crippen molar-refractivity contribution in [1.29, 1.82) is 5.26 Å². The molecule has 2 rings (SSSR count). The minimum atomic E-state index is -0.434. The van der Waals surface area contributed by atoms with Gasteiger partial charge in [0, 0.05) is 5.39 Å². The molecule has 0 unspecified atom stereocenters. The number of hydrogen-bond acceptors (Lipinski definition) is 4. The molecule has 0 fully saturated rings. The minimum absolute atomic E-state index is 0.309. The maximum atomic E-state index is 11.6. The van der Waals surface area contributed by atoms with E-state index in [0.29, 0.717) is 28.7 Å². The number of nitriles is 1. The highest BCUT2D eigenvalue weighted by molar-refractivity contribution is 6.04. The average molecular weight is 215 g/mol.